The summed E-state index contributed by atoms with van der Waals surface area (Å²) in [5, 5.41) is 6.13. The van der Waals surface area contributed by atoms with Gasteiger partial charge in [-0.25, -0.2) is 15.0 Å². The van der Waals surface area contributed by atoms with Gasteiger partial charge in [-0.15, -0.1) is 0 Å². The van der Waals surface area contributed by atoms with Gasteiger partial charge in [0.25, 0.3) is 5.91 Å². The molecule has 1 aromatic carbocycles. The van der Waals surface area contributed by atoms with Crippen molar-refractivity contribution in [1.29, 1.82) is 0 Å². The summed E-state index contributed by atoms with van der Waals surface area (Å²) < 4.78 is 27.9. The quantitative estimate of drug-likeness (QED) is 0.144. The van der Waals surface area contributed by atoms with Crippen LogP contribution in [0.2, 0.25) is 0 Å². The number of fused-ring (bicyclic) bond motifs is 1. The Morgan fingerprint density at radius 1 is 0.943 bits per heavy atom. The Hall–Kier alpha value is -4.64. The maximum Gasteiger partial charge on any atom is 0.251 e. The number of carbonyl (C=O) groups excluding carboxylic acids is 2. The van der Waals surface area contributed by atoms with Gasteiger partial charge in [0.2, 0.25) is 17.8 Å². The van der Waals surface area contributed by atoms with E-state index in [2.05, 4.69) is 30.5 Å². The minimum absolute atomic E-state index is 0.0683. The van der Waals surface area contributed by atoms with Crippen LogP contribution in [0.25, 0.3) is 0 Å². The number of methoxy groups -OCH3 is 1. The van der Waals surface area contributed by atoms with E-state index in [9.17, 15) is 9.59 Å². The van der Waals surface area contributed by atoms with Gasteiger partial charge in [0.1, 0.15) is 17.5 Å². The number of nitrogens with one attached hydrogen (secondary N) is 2. The Balaban J connectivity index is 0.968. The maximum atomic E-state index is 13.2. The largest absolute Gasteiger partial charge is 0.495 e. The third kappa shape index (κ3) is 10.9. The zero-order chi connectivity index (χ0) is 37.4. The molecule has 1 atom stereocenters. The van der Waals surface area contributed by atoms with E-state index in [1.54, 1.807) is 61.9 Å². The Morgan fingerprint density at radius 3 is 2.26 bits per heavy atom. The molecule has 0 spiro atoms. The minimum atomic E-state index is -0.257. The van der Waals surface area contributed by atoms with Crippen LogP contribution >= 0.6 is 0 Å². The molecule has 53 heavy (non-hydrogen) atoms. The van der Waals surface area contributed by atoms with Gasteiger partial charge in [-0.3, -0.25) is 9.59 Å². The van der Waals surface area contributed by atoms with Crippen molar-refractivity contribution < 1.29 is 33.3 Å². The lowest BCUT2D eigenvalue weighted by Crippen LogP contribution is -2.55. The highest BCUT2D eigenvalue weighted by Gasteiger charge is 2.41. The van der Waals surface area contributed by atoms with Crippen LogP contribution in [-0.4, -0.2) is 131 Å². The number of rotatable bonds is 22. The average Bonchev–Trinajstić information content (AvgIpc) is 3.72. The van der Waals surface area contributed by atoms with E-state index in [-0.39, 0.29) is 23.9 Å². The summed E-state index contributed by atoms with van der Waals surface area (Å²) in [6.07, 6.45) is 10.2. The molecule has 2 aromatic heterocycles. The van der Waals surface area contributed by atoms with Crippen molar-refractivity contribution in [2.45, 2.75) is 51.1 Å². The Kier molecular flexibility index (Phi) is 15.3. The molecule has 2 amide bonds. The predicted molar refractivity (Wildman–Crippen MR) is 201 cm³/mol. The van der Waals surface area contributed by atoms with Crippen LogP contribution in [0.5, 0.6) is 5.75 Å². The Bertz CT molecular complexity index is 1600. The van der Waals surface area contributed by atoms with Crippen molar-refractivity contribution in [3.63, 3.8) is 0 Å². The molecule has 5 rings (SSSR count). The Labute approximate surface area is 311 Å². The van der Waals surface area contributed by atoms with Crippen molar-refractivity contribution in [2.75, 3.05) is 107 Å². The summed E-state index contributed by atoms with van der Waals surface area (Å²) in [5.74, 6) is 2.10. The summed E-state index contributed by atoms with van der Waals surface area (Å²) in [4.78, 5) is 49.7. The summed E-state index contributed by atoms with van der Waals surface area (Å²) in [7, 11) is 5.25. The first kappa shape index (κ1) is 39.6. The van der Waals surface area contributed by atoms with E-state index in [1.165, 1.54) is 0 Å². The molecule has 0 radical (unpaired) electrons. The van der Waals surface area contributed by atoms with Crippen LogP contribution in [0.4, 0.5) is 29.1 Å². The monoisotopic (exact) mass is 735 g/mol. The zero-order valence-corrected chi connectivity index (χ0v) is 31.3. The van der Waals surface area contributed by atoms with E-state index in [0.29, 0.717) is 107 Å². The summed E-state index contributed by atoms with van der Waals surface area (Å²) in [5.41, 5.74) is 1.76. The molecule has 1 fully saturated rings. The van der Waals surface area contributed by atoms with E-state index < -0.39 is 0 Å². The normalized spacial score (nSPS) is 15.8. The van der Waals surface area contributed by atoms with Crippen LogP contribution in [0, 0.1) is 0 Å². The van der Waals surface area contributed by atoms with Crippen molar-refractivity contribution in [2.24, 2.45) is 0 Å². The molecule has 3 heterocycles. The number of amides is 2. The number of likely N-dealkylation sites (N-methyl/N-ethyl adjacent to an activating group) is 2. The first-order valence-electron chi connectivity index (χ1n) is 18.4. The minimum Gasteiger partial charge on any atom is -0.495 e. The van der Waals surface area contributed by atoms with Crippen molar-refractivity contribution in [1.82, 2.24) is 25.3 Å². The SMILES string of the molecule is CCC1C(=O)N(C)c2cnc(Nc3ccc(C(=O)NCCOCCOCCOCCOCCN(C)c4ncccn4)cc3OC)nc2N1C1CCCC1. The van der Waals surface area contributed by atoms with Crippen molar-refractivity contribution in [3.8, 4) is 5.75 Å². The van der Waals surface area contributed by atoms with Crippen LogP contribution in [0.1, 0.15) is 49.4 Å². The number of hydrogen-bond donors (Lipinski definition) is 2. The second kappa shape index (κ2) is 20.6. The first-order valence-corrected chi connectivity index (χ1v) is 18.4. The number of benzene rings is 1. The number of aromatic nitrogens is 4. The molecule has 0 saturated heterocycles. The fraction of sp³-hybridized carbons (Fsp3) is 0.568. The highest BCUT2D eigenvalue weighted by molar-refractivity contribution is 6.04. The summed E-state index contributed by atoms with van der Waals surface area (Å²) in [6.45, 7) is 6.70. The smallest absolute Gasteiger partial charge is 0.251 e. The first-order chi connectivity index (χ1) is 25.9. The van der Waals surface area contributed by atoms with Gasteiger partial charge in [0.05, 0.1) is 71.8 Å². The molecule has 2 aliphatic rings. The number of hydrogen-bond acceptors (Lipinski definition) is 14. The molecule has 1 saturated carbocycles. The van der Waals surface area contributed by atoms with E-state index in [0.717, 1.165) is 31.5 Å². The van der Waals surface area contributed by atoms with Crippen molar-refractivity contribution >= 4 is 40.9 Å². The van der Waals surface area contributed by atoms with Crippen LogP contribution in [0.15, 0.2) is 42.9 Å². The third-order valence-corrected chi connectivity index (χ3v) is 9.23. The number of anilines is 5. The van der Waals surface area contributed by atoms with E-state index in [1.807, 2.05) is 18.9 Å². The Morgan fingerprint density at radius 2 is 1.60 bits per heavy atom. The predicted octanol–water partition coefficient (Wildman–Crippen LogP) is 3.46. The maximum absolute atomic E-state index is 13.2. The van der Waals surface area contributed by atoms with Gasteiger partial charge in [-0.05, 0) is 43.5 Å². The lowest BCUT2D eigenvalue weighted by molar-refractivity contribution is -0.120. The molecule has 3 aromatic rings. The van der Waals surface area contributed by atoms with Gasteiger partial charge < -0.3 is 49.0 Å². The standard InChI is InChI=1S/C37H53N9O7/c1-5-30-35(48)45(3)31-26-41-36(43-33(31)46(30)28-9-6-7-10-28)42-29-12-11-27(25-32(29)49-4)34(47)38-15-17-50-19-21-52-23-24-53-22-20-51-18-16-44(2)37-39-13-8-14-40-37/h8,11-14,25-26,28,30H,5-7,9-10,15-24H2,1-4H3,(H,38,47)(H,41,42,43). The van der Waals surface area contributed by atoms with Crippen LogP contribution in [0.3, 0.4) is 0 Å². The molecule has 288 valence electrons. The van der Waals surface area contributed by atoms with Gasteiger partial charge in [0.15, 0.2) is 5.82 Å². The van der Waals surface area contributed by atoms with Gasteiger partial charge in [-0.2, -0.15) is 4.98 Å². The van der Waals surface area contributed by atoms with Gasteiger partial charge in [0, 0.05) is 51.2 Å². The molecular weight excluding hydrogens is 682 g/mol. The molecule has 2 N–H and O–H groups in total. The molecule has 1 unspecified atom stereocenters. The number of carbonyl (C=O) groups is 2. The average molecular weight is 736 g/mol. The number of nitrogens with zero attached hydrogens (tertiary/aromatic N) is 7. The summed E-state index contributed by atoms with van der Waals surface area (Å²) >= 11 is 0. The lowest BCUT2D eigenvalue weighted by Gasteiger charge is -2.43. The third-order valence-electron chi connectivity index (χ3n) is 9.23. The fourth-order valence-electron chi connectivity index (χ4n) is 6.39. The molecule has 16 heteroatoms. The van der Waals surface area contributed by atoms with Crippen molar-refractivity contribution in [3.05, 3.63) is 48.4 Å². The fourth-order valence-corrected chi connectivity index (χ4v) is 6.39. The van der Waals surface area contributed by atoms with Gasteiger partial charge >= 0.3 is 0 Å². The van der Waals surface area contributed by atoms with E-state index in [4.69, 9.17) is 28.7 Å². The van der Waals surface area contributed by atoms with Gasteiger partial charge in [-0.1, -0.05) is 19.8 Å². The zero-order valence-electron chi connectivity index (χ0n) is 31.3. The van der Waals surface area contributed by atoms with Crippen LogP contribution in [-0.2, 0) is 23.7 Å². The lowest BCUT2D eigenvalue weighted by atomic mass is 10.0. The highest BCUT2D eigenvalue weighted by atomic mass is 16.6. The summed E-state index contributed by atoms with van der Waals surface area (Å²) in [6, 6.07) is 6.95. The van der Waals surface area contributed by atoms with E-state index >= 15 is 0 Å². The van der Waals surface area contributed by atoms with Crippen LogP contribution < -0.4 is 30.1 Å². The second-order valence-corrected chi connectivity index (χ2v) is 12.8. The molecule has 1 aliphatic heterocycles. The highest BCUT2D eigenvalue weighted by Crippen LogP contribution is 2.40. The molecule has 1 aliphatic carbocycles. The number of ether oxygens (including phenoxy) is 5. The molecule has 16 nitrogen and oxygen atoms in total. The molecule has 0 bridgehead atoms. The second-order valence-electron chi connectivity index (χ2n) is 12.8. The topological polar surface area (TPSA) is 166 Å². The molecular formula is C37H53N9O7.